The monoisotopic (exact) mass is 269 g/mol. The van der Waals surface area contributed by atoms with Crippen molar-refractivity contribution in [1.29, 1.82) is 0 Å². The standard InChI is InChI=1S/C13H16ClNO3/c1-9(10-4-2-5-11(14)8-10)15-12(16)6-3-7-13(17)18/h2,4-5,8-9H,3,6-7H2,1H3,(H,15,16)(H,17,18)/t9-/m1/s1. The number of carbonyl (C=O) groups excluding carboxylic acids is 1. The van der Waals surface area contributed by atoms with E-state index in [1.54, 1.807) is 12.1 Å². The zero-order valence-corrected chi connectivity index (χ0v) is 10.9. The lowest BCUT2D eigenvalue weighted by Crippen LogP contribution is -2.26. The molecule has 1 aromatic rings. The summed E-state index contributed by atoms with van der Waals surface area (Å²) < 4.78 is 0. The molecule has 0 aliphatic heterocycles. The highest BCUT2D eigenvalue weighted by Gasteiger charge is 2.10. The minimum atomic E-state index is -0.884. The van der Waals surface area contributed by atoms with Crippen LogP contribution < -0.4 is 5.32 Å². The fourth-order valence-electron chi connectivity index (χ4n) is 1.57. The van der Waals surface area contributed by atoms with Gasteiger partial charge >= 0.3 is 5.97 Å². The van der Waals surface area contributed by atoms with E-state index in [1.165, 1.54) is 0 Å². The quantitative estimate of drug-likeness (QED) is 0.834. The third-order valence-corrected chi connectivity index (χ3v) is 2.76. The highest BCUT2D eigenvalue weighted by Crippen LogP contribution is 2.17. The average Bonchev–Trinajstić information content (AvgIpc) is 2.28. The summed E-state index contributed by atoms with van der Waals surface area (Å²) in [4.78, 5) is 21.9. The smallest absolute Gasteiger partial charge is 0.303 e. The van der Waals surface area contributed by atoms with Gasteiger partial charge in [0.05, 0.1) is 6.04 Å². The average molecular weight is 270 g/mol. The number of nitrogens with one attached hydrogen (secondary N) is 1. The largest absolute Gasteiger partial charge is 0.481 e. The Morgan fingerprint density at radius 2 is 2.11 bits per heavy atom. The summed E-state index contributed by atoms with van der Waals surface area (Å²) in [7, 11) is 0. The highest BCUT2D eigenvalue weighted by atomic mass is 35.5. The zero-order valence-electron chi connectivity index (χ0n) is 10.1. The molecule has 0 aliphatic carbocycles. The number of carboxylic acids is 1. The van der Waals surface area contributed by atoms with E-state index in [0.29, 0.717) is 11.4 Å². The maximum Gasteiger partial charge on any atom is 0.303 e. The molecule has 4 nitrogen and oxygen atoms in total. The predicted molar refractivity (Wildman–Crippen MR) is 69.5 cm³/mol. The van der Waals surface area contributed by atoms with E-state index in [9.17, 15) is 9.59 Å². The molecule has 0 aliphatic rings. The first kappa shape index (κ1) is 14.5. The summed E-state index contributed by atoms with van der Waals surface area (Å²) in [5.41, 5.74) is 0.925. The Labute approximate surface area is 111 Å². The van der Waals surface area contributed by atoms with Crippen molar-refractivity contribution in [3.05, 3.63) is 34.9 Å². The Hall–Kier alpha value is -1.55. The second-order valence-electron chi connectivity index (χ2n) is 4.09. The Morgan fingerprint density at radius 1 is 1.39 bits per heavy atom. The van der Waals surface area contributed by atoms with E-state index >= 15 is 0 Å². The van der Waals surface area contributed by atoms with Crippen molar-refractivity contribution >= 4 is 23.5 Å². The van der Waals surface area contributed by atoms with Crippen LogP contribution in [0, 0.1) is 0 Å². The normalized spacial score (nSPS) is 11.9. The van der Waals surface area contributed by atoms with Gasteiger partial charge in [0, 0.05) is 17.9 Å². The van der Waals surface area contributed by atoms with Crippen LogP contribution in [0.4, 0.5) is 0 Å². The van der Waals surface area contributed by atoms with Gasteiger partial charge in [0.15, 0.2) is 0 Å². The number of hydrogen-bond donors (Lipinski definition) is 2. The van der Waals surface area contributed by atoms with Crippen molar-refractivity contribution in [3.63, 3.8) is 0 Å². The number of amides is 1. The van der Waals surface area contributed by atoms with Crippen LogP contribution in [0.5, 0.6) is 0 Å². The van der Waals surface area contributed by atoms with Crippen LogP contribution in [0.25, 0.3) is 0 Å². The van der Waals surface area contributed by atoms with Gasteiger partial charge in [0.2, 0.25) is 5.91 Å². The van der Waals surface area contributed by atoms with Crippen molar-refractivity contribution in [2.45, 2.75) is 32.2 Å². The molecule has 0 fully saturated rings. The van der Waals surface area contributed by atoms with Gasteiger partial charge < -0.3 is 10.4 Å². The molecule has 0 bridgehead atoms. The molecule has 1 aromatic carbocycles. The van der Waals surface area contributed by atoms with E-state index in [0.717, 1.165) is 5.56 Å². The van der Waals surface area contributed by atoms with E-state index in [2.05, 4.69) is 5.32 Å². The van der Waals surface area contributed by atoms with Crippen LogP contribution in [-0.2, 0) is 9.59 Å². The van der Waals surface area contributed by atoms with Crippen LogP contribution in [0.1, 0.15) is 37.8 Å². The fraction of sp³-hybridized carbons (Fsp3) is 0.385. The number of hydrogen-bond acceptors (Lipinski definition) is 2. The van der Waals surface area contributed by atoms with Crippen molar-refractivity contribution in [3.8, 4) is 0 Å². The molecular formula is C13H16ClNO3. The third kappa shape index (κ3) is 5.19. The van der Waals surface area contributed by atoms with E-state index in [-0.39, 0.29) is 24.8 Å². The number of carboxylic acid groups (broad SMARTS) is 1. The van der Waals surface area contributed by atoms with Crippen molar-refractivity contribution in [2.24, 2.45) is 0 Å². The molecule has 0 heterocycles. The number of benzene rings is 1. The Morgan fingerprint density at radius 3 is 2.72 bits per heavy atom. The topological polar surface area (TPSA) is 66.4 Å². The van der Waals surface area contributed by atoms with Crippen LogP contribution in [-0.4, -0.2) is 17.0 Å². The molecule has 0 spiro atoms. The Kier molecular flexibility index (Phi) is 5.65. The van der Waals surface area contributed by atoms with Gasteiger partial charge in [-0.3, -0.25) is 9.59 Å². The molecule has 2 N–H and O–H groups in total. The van der Waals surface area contributed by atoms with E-state index in [1.807, 2.05) is 19.1 Å². The van der Waals surface area contributed by atoms with Gasteiger partial charge in [-0.25, -0.2) is 0 Å². The summed E-state index contributed by atoms with van der Waals surface area (Å²) in [6.07, 6.45) is 0.583. The van der Waals surface area contributed by atoms with E-state index < -0.39 is 5.97 Å². The van der Waals surface area contributed by atoms with Crippen molar-refractivity contribution in [2.75, 3.05) is 0 Å². The molecule has 1 atom stereocenters. The third-order valence-electron chi connectivity index (χ3n) is 2.52. The summed E-state index contributed by atoms with van der Waals surface area (Å²) in [6.45, 7) is 1.86. The second-order valence-corrected chi connectivity index (χ2v) is 4.53. The molecule has 0 saturated carbocycles. The van der Waals surface area contributed by atoms with Gasteiger partial charge in [-0.05, 0) is 31.0 Å². The van der Waals surface area contributed by atoms with Gasteiger partial charge in [0.25, 0.3) is 0 Å². The van der Waals surface area contributed by atoms with Gasteiger partial charge in [-0.15, -0.1) is 0 Å². The summed E-state index contributed by atoms with van der Waals surface area (Å²) >= 11 is 5.87. The lowest BCUT2D eigenvalue weighted by Gasteiger charge is -2.14. The van der Waals surface area contributed by atoms with Crippen LogP contribution in [0.2, 0.25) is 5.02 Å². The molecule has 0 saturated heterocycles. The van der Waals surface area contributed by atoms with Gasteiger partial charge in [0.1, 0.15) is 0 Å². The summed E-state index contributed by atoms with van der Waals surface area (Å²) in [6, 6.07) is 7.13. The molecule has 5 heteroatoms. The number of carbonyl (C=O) groups is 2. The minimum Gasteiger partial charge on any atom is -0.481 e. The molecule has 0 radical (unpaired) electrons. The van der Waals surface area contributed by atoms with Crippen LogP contribution >= 0.6 is 11.6 Å². The summed E-state index contributed by atoms with van der Waals surface area (Å²) in [5.74, 6) is -1.03. The number of rotatable bonds is 6. The second kappa shape index (κ2) is 7.01. The first-order valence-corrected chi connectivity index (χ1v) is 6.13. The maximum absolute atomic E-state index is 11.6. The first-order valence-electron chi connectivity index (χ1n) is 5.75. The molecule has 18 heavy (non-hydrogen) atoms. The Bertz CT molecular complexity index is 434. The molecule has 98 valence electrons. The first-order chi connectivity index (χ1) is 8.49. The molecular weight excluding hydrogens is 254 g/mol. The highest BCUT2D eigenvalue weighted by molar-refractivity contribution is 6.30. The SMILES string of the molecule is C[C@@H](NC(=O)CCCC(=O)O)c1cccc(Cl)c1. The molecule has 1 amide bonds. The lowest BCUT2D eigenvalue weighted by molar-refractivity contribution is -0.137. The van der Waals surface area contributed by atoms with Crippen LogP contribution in [0.3, 0.4) is 0 Å². The minimum absolute atomic E-state index is 0.0129. The number of aliphatic carboxylic acids is 1. The van der Waals surface area contributed by atoms with Gasteiger partial charge in [-0.1, -0.05) is 23.7 Å². The molecule has 0 aromatic heterocycles. The van der Waals surface area contributed by atoms with E-state index in [4.69, 9.17) is 16.7 Å². The predicted octanol–water partition coefficient (Wildman–Crippen LogP) is 2.77. The summed E-state index contributed by atoms with van der Waals surface area (Å²) in [5, 5.41) is 11.9. The fourth-order valence-corrected chi connectivity index (χ4v) is 1.77. The Balaban J connectivity index is 2.42. The van der Waals surface area contributed by atoms with Gasteiger partial charge in [-0.2, -0.15) is 0 Å². The number of halogens is 1. The zero-order chi connectivity index (χ0) is 13.5. The van der Waals surface area contributed by atoms with Crippen molar-refractivity contribution < 1.29 is 14.7 Å². The van der Waals surface area contributed by atoms with Crippen LogP contribution in [0.15, 0.2) is 24.3 Å². The molecule has 1 rings (SSSR count). The molecule has 0 unspecified atom stereocenters. The lowest BCUT2D eigenvalue weighted by atomic mass is 10.1. The maximum atomic E-state index is 11.6. The van der Waals surface area contributed by atoms with Crippen molar-refractivity contribution in [1.82, 2.24) is 5.32 Å².